The quantitative estimate of drug-likeness (QED) is 0.730. The first-order valence-electron chi connectivity index (χ1n) is 6.84. The van der Waals surface area contributed by atoms with Crippen molar-refractivity contribution in [2.24, 2.45) is 5.92 Å². The van der Waals surface area contributed by atoms with Crippen molar-refractivity contribution in [3.63, 3.8) is 0 Å². The van der Waals surface area contributed by atoms with Crippen molar-refractivity contribution in [3.8, 4) is 0 Å². The van der Waals surface area contributed by atoms with Crippen molar-refractivity contribution in [1.29, 1.82) is 0 Å². The molecule has 20 heavy (non-hydrogen) atoms. The molecular weight excluding hydrogens is 264 g/mol. The lowest BCUT2D eigenvalue weighted by Crippen LogP contribution is -2.51. The Morgan fingerprint density at radius 3 is 2.50 bits per heavy atom. The topological polar surface area (TPSA) is 95.9 Å². The number of carboxylic acid groups (broad SMARTS) is 1. The molecule has 114 valence electrons. The molecule has 0 aromatic carbocycles. The average Bonchev–Trinajstić information content (AvgIpc) is 2.44. The van der Waals surface area contributed by atoms with E-state index in [4.69, 9.17) is 5.11 Å². The normalized spacial score (nSPS) is 21.9. The highest BCUT2D eigenvalue weighted by Gasteiger charge is 2.32. The average molecular weight is 286 g/mol. The zero-order chi connectivity index (χ0) is 15.1. The number of urea groups is 1. The maximum atomic E-state index is 12.1. The van der Waals surface area contributed by atoms with Crippen molar-refractivity contribution in [1.82, 2.24) is 10.2 Å². The van der Waals surface area contributed by atoms with E-state index in [-0.39, 0.29) is 12.6 Å². The second-order valence-corrected chi connectivity index (χ2v) is 4.88. The van der Waals surface area contributed by atoms with Gasteiger partial charge in [-0.05, 0) is 19.8 Å². The van der Waals surface area contributed by atoms with Crippen LogP contribution in [-0.2, 0) is 14.3 Å². The Bertz CT molecular complexity index is 372. The van der Waals surface area contributed by atoms with Crippen LogP contribution in [0.3, 0.4) is 0 Å². The molecule has 1 aliphatic rings. The minimum absolute atomic E-state index is 0.136. The van der Waals surface area contributed by atoms with E-state index in [0.29, 0.717) is 19.4 Å². The van der Waals surface area contributed by atoms with E-state index < -0.39 is 23.9 Å². The monoisotopic (exact) mass is 286 g/mol. The molecule has 2 N–H and O–H groups in total. The highest BCUT2D eigenvalue weighted by molar-refractivity contribution is 5.81. The molecule has 0 aliphatic heterocycles. The molecule has 7 heteroatoms. The molecule has 2 amide bonds. The van der Waals surface area contributed by atoms with E-state index in [1.54, 1.807) is 6.92 Å². The number of amides is 2. The van der Waals surface area contributed by atoms with Gasteiger partial charge < -0.3 is 20.1 Å². The molecule has 2 unspecified atom stereocenters. The van der Waals surface area contributed by atoms with Crippen LogP contribution in [0.25, 0.3) is 0 Å². The number of nitrogens with zero attached hydrogens (tertiary/aromatic N) is 1. The molecule has 1 aliphatic carbocycles. The van der Waals surface area contributed by atoms with Gasteiger partial charge in [-0.2, -0.15) is 0 Å². The van der Waals surface area contributed by atoms with Gasteiger partial charge in [-0.25, -0.2) is 4.79 Å². The van der Waals surface area contributed by atoms with Crippen molar-refractivity contribution in [3.05, 3.63) is 0 Å². The van der Waals surface area contributed by atoms with Gasteiger partial charge in [0, 0.05) is 12.6 Å². The molecule has 0 aromatic rings. The van der Waals surface area contributed by atoms with Gasteiger partial charge in [-0.1, -0.05) is 12.8 Å². The fourth-order valence-corrected chi connectivity index (χ4v) is 2.40. The Kier molecular flexibility index (Phi) is 6.27. The van der Waals surface area contributed by atoms with Gasteiger partial charge in [0.25, 0.3) is 0 Å². The van der Waals surface area contributed by atoms with Gasteiger partial charge in [0.2, 0.25) is 0 Å². The van der Waals surface area contributed by atoms with Gasteiger partial charge in [0.05, 0.1) is 13.0 Å². The maximum absolute atomic E-state index is 12.1. The molecule has 0 radical (unpaired) electrons. The summed E-state index contributed by atoms with van der Waals surface area (Å²) in [5.41, 5.74) is 0. The molecule has 2 atom stereocenters. The number of rotatable bonds is 5. The number of methoxy groups -OCH3 is 1. The highest BCUT2D eigenvalue weighted by atomic mass is 16.5. The largest absolute Gasteiger partial charge is 0.481 e. The molecular formula is C13H22N2O5. The van der Waals surface area contributed by atoms with Crippen molar-refractivity contribution >= 4 is 18.0 Å². The molecule has 0 heterocycles. The molecule has 1 fully saturated rings. The Morgan fingerprint density at radius 2 is 1.95 bits per heavy atom. The number of esters is 1. The van der Waals surface area contributed by atoms with Crippen LogP contribution in [0.1, 0.15) is 32.6 Å². The van der Waals surface area contributed by atoms with Crippen molar-refractivity contribution in [2.75, 3.05) is 20.2 Å². The van der Waals surface area contributed by atoms with Gasteiger partial charge in [0.1, 0.15) is 6.54 Å². The molecule has 7 nitrogen and oxygen atoms in total. The third-order valence-electron chi connectivity index (χ3n) is 3.61. The third kappa shape index (κ3) is 4.40. The molecule has 0 aromatic heterocycles. The van der Waals surface area contributed by atoms with Gasteiger partial charge in [-0.15, -0.1) is 0 Å². The second kappa shape index (κ2) is 7.72. The number of carbonyl (C=O) groups is 3. The molecule has 1 rings (SSSR count). The van der Waals surface area contributed by atoms with E-state index >= 15 is 0 Å². The molecule has 1 saturated carbocycles. The third-order valence-corrected chi connectivity index (χ3v) is 3.61. The highest BCUT2D eigenvalue weighted by Crippen LogP contribution is 2.24. The van der Waals surface area contributed by atoms with Crippen LogP contribution in [-0.4, -0.2) is 54.2 Å². The number of carboxylic acids is 1. The number of nitrogens with one attached hydrogen (secondary N) is 1. The molecule has 0 bridgehead atoms. The zero-order valence-electron chi connectivity index (χ0n) is 11.9. The minimum atomic E-state index is -0.883. The first kappa shape index (κ1) is 16.3. The summed E-state index contributed by atoms with van der Waals surface area (Å²) in [6, 6.07) is -0.795. The fourth-order valence-electron chi connectivity index (χ4n) is 2.40. The van der Waals surface area contributed by atoms with Crippen molar-refractivity contribution in [2.45, 2.75) is 38.6 Å². The van der Waals surface area contributed by atoms with Crippen LogP contribution < -0.4 is 5.32 Å². The lowest BCUT2D eigenvalue weighted by Gasteiger charge is -2.31. The van der Waals surface area contributed by atoms with Crippen LogP contribution in [0.2, 0.25) is 0 Å². The number of hydrogen-bond donors (Lipinski definition) is 2. The lowest BCUT2D eigenvalue weighted by molar-refractivity contribution is -0.144. The summed E-state index contributed by atoms with van der Waals surface area (Å²) in [5.74, 6) is -1.93. The Hall–Kier alpha value is -1.79. The summed E-state index contributed by atoms with van der Waals surface area (Å²) in [6.07, 6.45) is 2.99. The van der Waals surface area contributed by atoms with Gasteiger partial charge in [0.15, 0.2) is 0 Å². The van der Waals surface area contributed by atoms with Crippen molar-refractivity contribution < 1.29 is 24.2 Å². The summed E-state index contributed by atoms with van der Waals surface area (Å²) in [7, 11) is 1.26. The number of hydrogen-bond acceptors (Lipinski definition) is 4. The lowest BCUT2D eigenvalue weighted by atomic mass is 9.84. The number of carbonyl (C=O) groups excluding carboxylic acids is 2. The first-order valence-corrected chi connectivity index (χ1v) is 6.84. The first-order chi connectivity index (χ1) is 9.49. The number of aliphatic carboxylic acids is 1. The zero-order valence-corrected chi connectivity index (χ0v) is 11.9. The minimum Gasteiger partial charge on any atom is -0.481 e. The summed E-state index contributed by atoms with van der Waals surface area (Å²) < 4.78 is 4.53. The van der Waals surface area contributed by atoms with Gasteiger partial charge in [-0.3, -0.25) is 9.59 Å². The summed E-state index contributed by atoms with van der Waals surface area (Å²) in [6.45, 7) is 1.97. The number of likely N-dealkylation sites (N-methyl/N-ethyl adjacent to an activating group) is 1. The second-order valence-electron chi connectivity index (χ2n) is 4.88. The molecule has 0 spiro atoms. The van der Waals surface area contributed by atoms with E-state index in [1.807, 2.05) is 0 Å². The predicted molar refractivity (Wildman–Crippen MR) is 71.2 cm³/mol. The summed E-state index contributed by atoms with van der Waals surface area (Å²) >= 11 is 0. The summed E-state index contributed by atoms with van der Waals surface area (Å²) in [4.78, 5) is 35.8. The smallest absolute Gasteiger partial charge is 0.325 e. The standard InChI is InChI=1S/C13H22N2O5/c1-3-15(8-11(16)20-2)13(19)14-10-7-5-4-6-9(10)12(17)18/h9-10H,3-8H2,1-2H3,(H,14,19)(H,17,18). The maximum Gasteiger partial charge on any atom is 0.325 e. The Morgan fingerprint density at radius 1 is 1.30 bits per heavy atom. The fraction of sp³-hybridized carbons (Fsp3) is 0.769. The molecule has 0 saturated heterocycles. The van der Waals surface area contributed by atoms with Crippen LogP contribution in [0.5, 0.6) is 0 Å². The van der Waals surface area contributed by atoms with E-state index in [2.05, 4.69) is 10.1 Å². The Balaban J connectivity index is 2.61. The van der Waals surface area contributed by atoms with E-state index in [9.17, 15) is 14.4 Å². The van der Waals surface area contributed by atoms with Crippen LogP contribution in [0.4, 0.5) is 4.79 Å². The summed E-state index contributed by atoms with van der Waals surface area (Å²) in [5, 5.41) is 11.9. The SMILES string of the molecule is CCN(CC(=O)OC)C(=O)NC1CCCCC1C(=O)O. The predicted octanol–water partition coefficient (Wildman–Crippen LogP) is 0.834. The van der Waals surface area contributed by atoms with Crippen LogP contribution in [0.15, 0.2) is 0 Å². The van der Waals surface area contributed by atoms with Gasteiger partial charge >= 0.3 is 18.0 Å². The Labute approximate surface area is 118 Å². The number of ether oxygens (including phenoxy) is 1. The van der Waals surface area contributed by atoms with Crippen LogP contribution in [0, 0.1) is 5.92 Å². The van der Waals surface area contributed by atoms with E-state index in [0.717, 1.165) is 12.8 Å². The van der Waals surface area contributed by atoms with Crippen LogP contribution >= 0.6 is 0 Å². The van der Waals surface area contributed by atoms with E-state index in [1.165, 1.54) is 12.0 Å².